The van der Waals surface area contributed by atoms with Crippen LogP contribution in [0.4, 0.5) is 4.39 Å². The van der Waals surface area contributed by atoms with Gasteiger partial charge in [0, 0.05) is 31.2 Å². The lowest BCUT2D eigenvalue weighted by molar-refractivity contribution is 0.0311. The molecule has 3 rings (SSSR count). The van der Waals surface area contributed by atoms with Crippen LogP contribution in [0.2, 0.25) is 5.02 Å². The summed E-state index contributed by atoms with van der Waals surface area (Å²) in [7, 11) is 0. The van der Waals surface area contributed by atoms with E-state index in [0.717, 1.165) is 31.1 Å². The predicted molar refractivity (Wildman–Crippen MR) is 80.4 cm³/mol. The summed E-state index contributed by atoms with van der Waals surface area (Å²) in [6.45, 7) is 7.39. The highest BCUT2D eigenvalue weighted by Gasteiger charge is 2.47. The first-order chi connectivity index (χ1) is 9.49. The minimum absolute atomic E-state index is 0.197. The van der Waals surface area contributed by atoms with Gasteiger partial charge in [0.25, 0.3) is 0 Å². The fourth-order valence-corrected chi connectivity index (χ4v) is 3.43. The third kappa shape index (κ3) is 2.72. The van der Waals surface area contributed by atoms with Crippen LogP contribution < -0.4 is 5.32 Å². The summed E-state index contributed by atoms with van der Waals surface area (Å²) in [5.74, 6) is 0.458. The average molecular weight is 297 g/mol. The van der Waals surface area contributed by atoms with Gasteiger partial charge in [0.1, 0.15) is 5.82 Å². The molecule has 4 heteroatoms. The van der Waals surface area contributed by atoms with E-state index in [4.69, 9.17) is 11.6 Å². The zero-order valence-electron chi connectivity index (χ0n) is 12.1. The van der Waals surface area contributed by atoms with Crippen molar-refractivity contribution >= 4 is 11.6 Å². The van der Waals surface area contributed by atoms with Crippen molar-refractivity contribution in [3.8, 4) is 0 Å². The van der Waals surface area contributed by atoms with Crippen LogP contribution >= 0.6 is 11.6 Å². The van der Waals surface area contributed by atoms with Crippen LogP contribution in [-0.4, -0.2) is 29.6 Å². The number of rotatable bonds is 3. The van der Waals surface area contributed by atoms with Crippen molar-refractivity contribution in [2.45, 2.75) is 44.8 Å². The van der Waals surface area contributed by atoms with Crippen molar-refractivity contribution < 1.29 is 4.39 Å². The van der Waals surface area contributed by atoms with Gasteiger partial charge in [-0.25, -0.2) is 4.39 Å². The van der Waals surface area contributed by atoms with Gasteiger partial charge in [-0.15, -0.1) is 0 Å². The van der Waals surface area contributed by atoms with E-state index in [1.165, 1.54) is 12.8 Å². The van der Waals surface area contributed by atoms with Gasteiger partial charge in [0.05, 0.1) is 5.02 Å². The largest absolute Gasteiger partial charge is 0.311 e. The van der Waals surface area contributed by atoms with E-state index in [9.17, 15) is 4.39 Å². The molecule has 1 saturated carbocycles. The Morgan fingerprint density at radius 1 is 1.45 bits per heavy atom. The lowest BCUT2D eigenvalue weighted by atomic mass is 9.89. The third-order valence-corrected chi connectivity index (χ3v) is 5.15. The summed E-state index contributed by atoms with van der Waals surface area (Å²) in [6, 6.07) is 5.65. The number of hydrogen-bond acceptors (Lipinski definition) is 2. The highest BCUT2D eigenvalue weighted by molar-refractivity contribution is 6.30. The van der Waals surface area contributed by atoms with Gasteiger partial charge < -0.3 is 5.32 Å². The number of halogens is 2. The Hall–Kier alpha value is -0.640. The Labute approximate surface area is 125 Å². The number of nitrogens with one attached hydrogen (secondary N) is 1. The fraction of sp³-hybridized carbons (Fsp3) is 0.625. The lowest BCUT2D eigenvalue weighted by Gasteiger charge is -2.48. The lowest BCUT2D eigenvalue weighted by Crippen LogP contribution is -2.63. The van der Waals surface area contributed by atoms with Gasteiger partial charge in [-0.05, 0) is 50.3 Å². The van der Waals surface area contributed by atoms with Crippen molar-refractivity contribution in [2.75, 3.05) is 13.1 Å². The predicted octanol–water partition coefficient (Wildman–Crippen LogP) is 3.44. The van der Waals surface area contributed by atoms with Crippen molar-refractivity contribution in [3.63, 3.8) is 0 Å². The zero-order chi connectivity index (χ0) is 14.3. The average Bonchev–Trinajstić information content (AvgIpc) is 3.23. The maximum absolute atomic E-state index is 13.6. The van der Waals surface area contributed by atoms with Gasteiger partial charge in [-0.3, -0.25) is 4.90 Å². The van der Waals surface area contributed by atoms with E-state index in [2.05, 4.69) is 24.1 Å². The maximum Gasteiger partial charge on any atom is 0.142 e. The Kier molecular flexibility index (Phi) is 3.78. The summed E-state index contributed by atoms with van der Waals surface area (Å²) in [5.41, 5.74) is 1.20. The van der Waals surface area contributed by atoms with Crippen LogP contribution in [0.1, 0.15) is 32.3 Å². The first kappa shape index (κ1) is 14.3. The second-order valence-corrected chi connectivity index (χ2v) is 6.95. The smallest absolute Gasteiger partial charge is 0.142 e. The monoisotopic (exact) mass is 296 g/mol. The molecule has 1 N–H and O–H groups in total. The van der Waals surface area contributed by atoms with Gasteiger partial charge in [0.15, 0.2) is 0 Å². The summed E-state index contributed by atoms with van der Waals surface area (Å²) >= 11 is 5.76. The van der Waals surface area contributed by atoms with E-state index >= 15 is 0 Å². The van der Waals surface area contributed by atoms with E-state index in [1.54, 1.807) is 12.1 Å². The fourth-order valence-electron chi connectivity index (χ4n) is 3.31. The van der Waals surface area contributed by atoms with Crippen molar-refractivity contribution in [3.05, 3.63) is 34.6 Å². The Morgan fingerprint density at radius 3 is 2.85 bits per heavy atom. The molecule has 1 aliphatic heterocycles. The molecular weight excluding hydrogens is 275 g/mol. The van der Waals surface area contributed by atoms with Crippen molar-refractivity contribution in [1.29, 1.82) is 0 Å². The third-order valence-electron chi connectivity index (χ3n) is 4.84. The van der Waals surface area contributed by atoms with E-state index < -0.39 is 0 Å². The number of hydrogen-bond donors (Lipinski definition) is 1. The Balaban J connectivity index is 1.80. The molecule has 2 unspecified atom stereocenters. The van der Waals surface area contributed by atoms with Crippen LogP contribution in [0, 0.1) is 11.7 Å². The van der Waals surface area contributed by atoms with Crippen molar-refractivity contribution in [2.24, 2.45) is 5.92 Å². The molecule has 2 atom stereocenters. The zero-order valence-corrected chi connectivity index (χ0v) is 12.9. The normalized spacial score (nSPS) is 31.5. The molecule has 0 radical (unpaired) electrons. The van der Waals surface area contributed by atoms with Crippen LogP contribution in [-0.2, 0) is 6.54 Å². The molecule has 0 amide bonds. The molecule has 1 aromatic carbocycles. The highest BCUT2D eigenvalue weighted by Crippen LogP contribution is 2.44. The molecular formula is C16H22ClFN2. The highest BCUT2D eigenvalue weighted by atomic mass is 35.5. The summed E-state index contributed by atoms with van der Waals surface area (Å²) in [5, 5.41) is 3.79. The summed E-state index contributed by atoms with van der Waals surface area (Å²) in [6.07, 6.45) is 2.63. The van der Waals surface area contributed by atoms with Gasteiger partial charge in [-0.2, -0.15) is 0 Å². The van der Waals surface area contributed by atoms with Crippen LogP contribution in [0.25, 0.3) is 0 Å². The molecule has 1 heterocycles. The van der Waals surface area contributed by atoms with Crippen LogP contribution in [0.3, 0.4) is 0 Å². The molecule has 2 nitrogen and oxygen atoms in total. The molecule has 0 bridgehead atoms. The summed E-state index contributed by atoms with van der Waals surface area (Å²) < 4.78 is 13.6. The molecule has 1 aliphatic carbocycles. The number of nitrogens with zero attached hydrogens (tertiary/aromatic N) is 1. The Morgan fingerprint density at radius 2 is 2.20 bits per heavy atom. The number of piperazine rings is 1. The first-order valence-electron chi connectivity index (χ1n) is 7.41. The maximum atomic E-state index is 13.6. The Bertz CT molecular complexity index is 503. The molecule has 2 aliphatic rings. The minimum Gasteiger partial charge on any atom is -0.311 e. The van der Waals surface area contributed by atoms with Crippen LogP contribution in [0.15, 0.2) is 18.2 Å². The molecule has 1 saturated heterocycles. The molecule has 2 fully saturated rings. The van der Waals surface area contributed by atoms with Gasteiger partial charge in [-0.1, -0.05) is 17.7 Å². The minimum atomic E-state index is -0.319. The molecule has 110 valence electrons. The summed E-state index contributed by atoms with van der Waals surface area (Å²) in [4.78, 5) is 2.52. The van der Waals surface area contributed by atoms with Gasteiger partial charge in [0.2, 0.25) is 0 Å². The standard InChI is InChI=1S/C16H22ClFN2/c1-11-8-20(16(2,10-19-11)13-4-5-13)9-12-3-6-14(17)15(18)7-12/h3,6-7,11,13,19H,4-5,8-10H2,1-2H3. The first-order valence-corrected chi connectivity index (χ1v) is 7.79. The van der Waals surface area contributed by atoms with Crippen LogP contribution in [0.5, 0.6) is 0 Å². The molecule has 20 heavy (non-hydrogen) atoms. The second kappa shape index (κ2) is 5.28. The topological polar surface area (TPSA) is 15.3 Å². The van der Waals surface area contributed by atoms with E-state index in [1.807, 2.05) is 6.07 Å². The van der Waals surface area contributed by atoms with E-state index in [-0.39, 0.29) is 16.4 Å². The SMILES string of the molecule is CC1CN(Cc2ccc(Cl)c(F)c2)C(C)(C2CC2)CN1. The second-order valence-electron chi connectivity index (χ2n) is 6.54. The van der Waals surface area contributed by atoms with E-state index in [0.29, 0.717) is 6.04 Å². The molecule has 1 aromatic rings. The molecule has 0 spiro atoms. The molecule has 0 aromatic heterocycles. The quantitative estimate of drug-likeness (QED) is 0.919. The van der Waals surface area contributed by atoms with Gasteiger partial charge >= 0.3 is 0 Å². The number of benzene rings is 1. The van der Waals surface area contributed by atoms with Crippen molar-refractivity contribution in [1.82, 2.24) is 10.2 Å².